The fourth-order valence-corrected chi connectivity index (χ4v) is 3.48. The van der Waals surface area contributed by atoms with Gasteiger partial charge in [-0.3, -0.25) is 9.79 Å². The Morgan fingerprint density at radius 1 is 1.32 bits per heavy atom. The van der Waals surface area contributed by atoms with Crippen molar-refractivity contribution in [2.75, 3.05) is 26.7 Å². The predicted octanol–water partition coefficient (Wildman–Crippen LogP) is 2.51. The molecule has 1 saturated carbocycles. The number of hydrogen-bond donors (Lipinski definition) is 2. The number of nitrogens with zero attached hydrogens (tertiary/aromatic N) is 2. The number of likely N-dealkylation sites (tertiary alicyclic amines) is 1. The smallest absolute Gasteiger partial charge is 0.222 e. The Morgan fingerprint density at radius 3 is 2.64 bits per heavy atom. The maximum absolute atomic E-state index is 11.8. The van der Waals surface area contributed by atoms with Crippen LogP contribution in [0.3, 0.4) is 0 Å². The molecule has 1 atom stereocenters. The number of guanidine groups is 1. The maximum Gasteiger partial charge on any atom is 0.222 e. The molecule has 138 valence electrons. The highest BCUT2D eigenvalue weighted by Gasteiger charge is 2.44. The topological polar surface area (TPSA) is 56.7 Å². The largest absolute Gasteiger partial charge is 0.356 e. The number of carbonyl (C=O) groups is 1. The van der Waals surface area contributed by atoms with E-state index in [9.17, 15) is 4.79 Å². The van der Waals surface area contributed by atoms with Gasteiger partial charge in [0.15, 0.2) is 5.96 Å². The lowest BCUT2D eigenvalue weighted by atomic mass is 9.96. The number of benzene rings is 1. The van der Waals surface area contributed by atoms with Crippen LogP contribution in [0, 0.1) is 0 Å². The van der Waals surface area contributed by atoms with Gasteiger partial charge in [0, 0.05) is 44.6 Å². The van der Waals surface area contributed by atoms with E-state index in [1.165, 1.54) is 18.4 Å². The number of hydrogen-bond acceptors (Lipinski definition) is 2. The Bertz CT molecular complexity index is 601. The zero-order chi connectivity index (χ0) is 17.0. The third-order valence-corrected chi connectivity index (χ3v) is 5.24. The molecule has 25 heavy (non-hydrogen) atoms. The summed E-state index contributed by atoms with van der Waals surface area (Å²) in [7, 11) is 1.81. The number of rotatable bonds is 5. The molecule has 1 heterocycles. The van der Waals surface area contributed by atoms with Crippen LogP contribution in [-0.2, 0) is 10.2 Å². The van der Waals surface area contributed by atoms with Crippen molar-refractivity contribution in [1.29, 1.82) is 0 Å². The van der Waals surface area contributed by atoms with Crippen molar-refractivity contribution < 1.29 is 4.79 Å². The standard InChI is InChI=1S/C19H28N4O.HI/c1-3-17(24)23-12-9-16(13-23)22-18(20-2)21-14-19(10-11-19)15-7-5-4-6-8-15;/h4-8,16H,3,9-14H2,1-2H3,(H2,20,21,22);1H. The van der Waals surface area contributed by atoms with E-state index in [1.807, 2.05) is 11.8 Å². The number of halogens is 1. The molecule has 1 unspecified atom stereocenters. The van der Waals surface area contributed by atoms with Crippen LogP contribution in [0.25, 0.3) is 0 Å². The van der Waals surface area contributed by atoms with Crippen LogP contribution >= 0.6 is 24.0 Å². The Kier molecular flexibility index (Phi) is 7.10. The van der Waals surface area contributed by atoms with Gasteiger partial charge in [0.2, 0.25) is 5.91 Å². The van der Waals surface area contributed by atoms with Crippen LogP contribution in [-0.4, -0.2) is 49.5 Å². The van der Waals surface area contributed by atoms with E-state index in [1.54, 1.807) is 7.05 Å². The Balaban J connectivity index is 0.00000225. The van der Waals surface area contributed by atoms with Gasteiger partial charge in [-0.05, 0) is 24.8 Å². The van der Waals surface area contributed by atoms with Crippen molar-refractivity contribution in [3.05, 3.63) is 35.9 Å². The fraction of sp³-hybridized carbons (Fsp3) is 0.579. The first-order valence-electron chi connectivity index (χ1n) is 8.97. The Hall–Kier alpha value is -1.31. The molecule has 1 saturated heterocycles. The van der Waals surface area contributed by atoms with Gasteiger partial charge in [-0.25, -0.2) is 0 Å². The molecule has 1 aliphatic carbocycles. The molecular weight excluding hydrogens is 427 g/mol. The van der Waals surface area contributed by atoms with Crippen LogP contribution < -0.4 is 10.6 Å². The lowest BCUT2D eigenvalue weighted by Crippen LogP contribution is -2.47. The van der Waals surface area contributed by atoms with Crippen molar-refractivity contribution in [3.63, 3.8) is 0 Å². The van der Waals surface area contributed by atoms with Gasteiger partial charge in [0.1, 0.15) is 0 Å². The first kappa shape index (κ1) is 20.0. The average molecular weight is 456 g/mol. The van der Waals surface area contributed by atoms with E-state index < -0.39 is 0 Å². The second-order valence-electron chi connectivity index (χ2n) is 6.90. The molecule has 0 radical (unpaired) electrons. The van der Waals surface area contributed by atoms with Crippen molar-refractivity contribution in [1.82, 2.24) is 15.5 Å². The van der Waals surface area contributed by atoms with E-state index in [0.29, 0.717) is 12.5 Å². The summed E-state index contributed by atoms with van der Waals surface area (Å²) in [5.74, 6) is 1.08. The number of aliphatic imine (C=N–C) groups is 1. The first-order valence-corrected chi connectivity index (χ1v) is 8.97. The normalized spacial score (nSPS) is 21.4. The van der Waals surface area contributed by atoms with Gasteiger partial charge in [-0.15, -0.1) is 24.0 Å². The van der Waals surface area contributed by atoms with Gasteiger partial charge >= 0.3 is 0 Å². The molecular formula is C19H29IN4O. The van der Waals surface area contributed by atoms with Gasteiger partial charge in [0.25, 0.3) is 0 Å². The van der Waals surface area contributed by atoms with Crippen molar-refractivity contribution in [3.8, 4) is 0 Å². The molecule has 1 aliphatic heterocycles. The number of nitrogens with one attached hydrogen (secondary N) is 2. The van der Waals surface area contributed by atoms with Crippen LogP contribution in [0.15, 0.2) is 35.3 Å². The van der Waals surface area contributed by atoms with Crippen molar-refractivity contribution in [2.45, 2.75) is 44.1 Å². The van der Waals surface area contributed by atoms with E-state index in [-0.39, 0.29) is 35.3 Å². The van der Waals surface area contributed by atoms with Crippen LogP contribution in [0.2, 0.25) is 0 Å². The van der Waals surface area contributed by atoms with Gasteiger partial charge in [-0.1, -0.05) is 37.3 Å². The molecule has 1 aromatic carbocycles. The lowest BCUT2D eigenvalue weighted by molar-refractivity contribution is -0.129. The number of amides is 1. The summed E-state index contributed by atoms with van der Waals surface area (Å²) in [4.78, 5) is 18.1. The predicted molar refractivity (Wildman–Crippen MR) is 113 cm³/mol. The zero-order valence-electron chi connectivity index (χ0n) is 15.1. The monoisotopic (exact) mass is 456 g/mol. The van der Waals surface area contributed by atoms with Gasteiger partial charge in [0.05, 0.1) is 0 Å². The second-order valence-corrected chi connectivity index (χ2v) is 6.90. The highest BCUT2D eigenvalue weighted by molar-refractivity contribution is 14.0. The molecule has 1 amide bonds. The maximum atomic E-state index is 11.8. The summed E-state index contributed by atoms with van der Waals surface area (Å²) in [6, 6.07) is 11.0. The van der Waals surface area contributed by atoms with Crippen molar-refractivity contribution in [2.24, 2.45) is 4.99 Å². The average Bonchev–Trinajstić information content (AvgIpc) is 3.29. The lowest BCUT2D eigenvalue weighted by Gasteiger charge is -2.21. The molecule has 0 spiro atoms. The summed E-state index contributed by atoms with van der Waals surface area (Å²) in [6.07, 6.45) is 4.02. The third kappa shape index (κ3) is 4.86. The molecule has 5 nitrogen and oxygen atoms in total. The summed E-state index contributed by atoms with van der Waals surface area (Å²) in [5, 5.41) is 6.96. The minimum Gasteiger partial charge on any atom is -0.356 e. The van der Waals surface area contributed by atoms with Crippen LogP contribution in [0.4, 0.5) is 0 Å². The second kappa shape index (κ2) is 8.87. The Morgan fingerprint density at radius 2 is 2.04 bits per heavy atom. The zero-order valence-corrected chi connectivity index (χ0v) is 17.5. The quantitative estimate of drug-likeness (QED) is 0.407. The summed E-state index contributed by atoms with van der Waals surface area (Å²) in [6.45, 7) is 4.44. The fourth-order valence-electron chi connectivity index (χ4n) is 3.48. The molecule has 0 aromatic heterocycles. The van der Waals surface area contributed by atoms with Crippen LogP contribution in [0.5, 0.6) is 0 Å². The van der Waals surface area contributed by atoms with Crippen molar-refractivity contribution >= 4 is 35.8 Å². The molecule has 6 heteroatoms. The van der Waals surface area contributed by atoms with E-state index in [0.717, 1.165) is 32.0 Å². The summed E-state index contributed by atoms with van der Waals surface area (Å²) < 4.78 is 0. The molecule has 2 fully saturated rings. The third-order valence-electron chi connectivity index (χ3n) is 5.24. The molecule has 2 N–H and O–H groups in total. The van der Waals surface area contributed by atoms with Gasteiger partial charge in [-0.2, -0.15) is 0 Å². The first-order chi connectivity index (χ1) is 11.7. The summed E-state index contributed by atoms with van der Waals surface area (Å²) in [5.41, 5.74) is 1.67. The molecule has 1 aromatic rings. The SMILES string of the molecule is CCC(=O)N1CCC(NC(=NC)NCC2(c3ccccc3)CC2)C1.I. The van der Waals surface area contributed by atoms with Gasteiger partial charge < -0.3 is 15.5 Å². The van der Waals surface area contributed by atoms with E-state index in [4.69, 9.17) is 0 Å². The van der Waals surface area contributed by atoms with Crippen LogP contribution in [0.1, 0.15) is 38.2 Å². The van der Waals surface area contributed by atoms with E-state index in [2.05, 4.69) is 46.0 Å². The highest BCUT2D eigenvalue weighted by atomic mass is 127. The Labute approximate surface area is 167 Å². The summed E-state index contributed by atoms with van der Waals surface area (Å²) >= 11 is 0. The molecule has 0 bridgehead atoms. The van der Waals surface area contributed by atoms with E-state index >= 15 is 0 Å². The molecule has 2 aliphatic rings. The number of carbonyl (C=O) groups excluding carboxylic acids is 1. The minimum atomic E-state index is 0. The highest BCUT2D eigenvalue weighted by Crippen LogP contribution is 2.47. The molecule has 3 rings (SSSR count). The minimum absolute atomic E-state index is 0.